The van der Waals surface area contributed by atoms with Crippen LogP contribution >= 0.6 is 11.8 Å². The molecule has 0 saturated carbocycles. The maximum absolute atomic E-state index is 13.0. The summed E-state index contributed by atoms with van der Waals surface area (Å²) in [5, 5.41) is 2.78. The van der Waals surface area contributed by atoms with E-state index < -0.39 is 27.7 Å². The third kappa shape index (κ3) is 5.53. The number of ether oxygens (including phenoxy) is 1. The Kier molecular flexibility index (Phi) is 7.64. The van der Waals surface area contributed by atoms with E-state index in [2.05, 4.69) is 10.0 Å². The number of carbonyl (C=O) groups is 1. The van der Waals surface area contributed by atoms with Gasteiger partial charge in [0.15, 0.2) is 5.58 Å². The molecule has 3 aromatic rings. The molecule has 9 nitrogen and oxygen atoms in total. The monoisotopic (exact) mass is 479 g/mol. The van der Waals surface area contributed by atoms with Crippen molar-refractivity contribution in [2.24, 2.45) is 7.05 Å². The molecule has 1 amide bonds. The van der Waals surface area contributed by atoms with Gasteiger partial charge in [0.25, 0.3) is 0 Å². The van der Waals surface area contributed by atoms with E-state index in [1.807, 2.05) is 18.4 Å². The van der Waals surface area contributed by atoms with Crippen molar-refractivity contribution in [2.45, 2.75) is 23.9 Å². The second-order valence-electron chi connectivity index (χ2n) is 7.08. The van der Waals surface area contributed by atoms with Crippen LogP contribution in [0.2, 0.25) is 0 Å². The van der Waals surface area contributed by atoms with E-state index in [-0.39, 0.29) is 17.0 Å². The van der Waals surface area contributed by atoms with Gasteiger partial charge in [-0.05, 0) is 48.3 Å². The number of aromatic nitrogens is 1. The van der Waals surface area contributed by atoms with Gasteiger partial charge in [-0.15, -0.1) is 0 Å². The maximum Gasteiger partial charge on any atom is 0.419 e. The summed E-state index contributed by atoms with van der Waals surface area (Å²) >= 11 is 1.51. The highest BCUT2D eigenvalue weighted by Crippen LogP contribution is 2.19. The van der Waals surface area contributed by atoms with Gasteiger partial charge in [0.05, 0.1) is 17.5 Å². The number of fused-ring (bicyclic) bond motifs is 1. The van der Waals surface area contributed by atoms with Crippen molar-refractivity contribution in [3.63, 3.8) is 0 Å². The fourth-order valence-electron chi connectivity index (χ4n) is 3.11. The first kappa shape index (κ1) is 23.9. The molecule has 0 radical (unpaired) electrons. The zero-order chi connectivity index (χ0) is 23.3. The zero-order valence-corrected chi connectivity index (χ0v) is 19.6. The number of rotatable bonds is 10. The minimum absolute atomic E-state index is 0.0888. The van der Waals surface area contributed by atoms with E-state index in [1.54, 1.807) is 19.2 Å². The van der Waals surface area contributed by atoms with Crippen LogP contribution in [0.15, 0.2) is 56.6 Å². The van der Waals surface area contributed by atoms with Gasteiger partial charge in [0.1, 0.15) is 11.8 Å². The van der Waals surface area contributed by atoms with Gasteiger partial charge in [0.2, 0.25) is 15.9 Å². The number of benzene rings is 2. The van der Waals surface area contributed by atoms with Gasteiger partial charge < -0.3 is 14.5 Å². The lowest BCUT2D eigenvalue weighted by Gasteiger charge is -2.18. The standard InChI is InChI=1S/C21H25N3O6S2/c1-24-18-8-7-16(12-19(18)30-21(24)26)32(27,28)23-17(9-10-31-3)20(25)22-13-14-5-4-6-15(11-14)29-2/h4-8,11-12,17,23H,9-10,13H2,1-3H3,(H,22,25)/t17-/m1/s1. The molecule has 1 aromatic heterocycles. The maximum atomic E-state index is 13.0. The molecule has 0 aliphatic heterocycles. The number of hydrogen-bond acceptors (Lipinski definition) is 7. The van der Waals surface area contributed by atoms with Crippen molar-refractivity contribution < 1.29 is 22.4 Å². The Morgan fingerprint density at radius 3 is 2.75 bits per heavy atom. The molecule has 0 aliphatic carbocycles. The van der Waals surface area contributed by atoms with Crippen LogP contribution in [-0.2, 0) is 28.4 Å². The van der Waals surface area contributed by atoms with Gasteiger partial charge in [-0.25, -0.2) is 13.2 Å². The molecule has 0 saturated heterocycles. The number of aryl methyl sites for hydroxylation is 1. The summed E-state index contributed by atoms with van der Waals surface area (Å²) in [4.78, 5) is 24.4. The van der Waals surface area contributed by atoms with Crippen molar-refractivity contribution in [3.05, 3.63) is 58.6 Å². The van der Waals surface area contributed by atoms with Crippen molar-refractivity contribution in [1.82, 2.24) is 14.6 Å². The predicted molar refractivity (Wildman–Crippen MR) is 123 cm³/mol. The fraction of sp³-hybridized carbons (Fsp3) is 0.333. The molecule has 2 aromatic carbocycles. The highest BCUT2D eigenvalue weighted by Gasteiger charge is 2.26. The molecule has 1 heterocycles. The zero-order valence-electron chi connectivity index (χ0n) is 18.0. The van der Waals surface area contributed by atoms with Gasteiger partial charge in [0, 0.05) is 19.7 Å². The molecular formula is C21H25N3O6S2. The summed E-state index contributed by atoms with van der Waals surface area (Å²) in [6, 6.07) is 10.4. The number of thioether (sulfide) groups is 1. The van der Waals surface area contributed by atoms with Gasteiger partial charge >= 0.3 is 5.76 Å². The molecule has 11 heteroatoms. The number of oxazole rings is 1. The Hall–Kier alpha value is -2.76. The number of sulfonamides is 1. The molecule has 172 valence electrons. The molecule has 0 bridgehead atoms. The number of carbonyl (C=O) groups excluding carboxylic acids is 1. The van der Waals surface area contributed by atoms with E-state index in [0.29, 0.717) is 23.4 Å². The molecule has 1 atom stereocenters. The molecular weight excluding hydrogens is 454 g/mol. The molecule has 0 aliphatic rings. The highest BCUT2D eigenvalue weighted by molar-refractivity contribution is 7.98. The number of hydrogen-bond donors (Lipinski definition) is 2. The summed E-state index contributed by atoms with van der Waals surface area (Å²) in [6.07, 6.45) is 2.19. The topological polar surface area (TPSA) is 120 Å². The molecule has 0 spiro atoms. The molecule has 0 unspecified atom stereocenters. The minimum atomic E-state index is -4.03. The Balaban J connectivity index is 1.77. The van der Waals surface area contributed by atoms with Crippen LogP contribution in [0.4, 0.5) is 0 Å². The molecule has 0 fully saturated rings. The van der Waals surface area contributed by atoms with Crippen LogP contribution in [0.5, 0.6) is 5.75 Å². The first-order valence-corrected chi connectivity index (χ1v) is 12.6. The smallest absolute Gasteiger partial charge is 0.419 e. The van der Waals surface area contributed by atoms with Crippen LogP contribution in [-0.4, -0.2) is 44.1 Å². The van der Waals surface area contributed by atoms with E-state index in [9.17, 15) is 18.0 Å². The van der Waals surface area contributed by atoms with Crippen LogP contribution in [0, 0.1) is 0 Å². The third-order valence-corrected chi connectivity index (χ3v) is 7.01. The normalized spacial score (nSPS) is 12.6. The van der Waals surface area contributed by atoms with E-state index in [0.717, 1.165) is 5.56 Å². The van der Waals surface area contributed by atoms with Crippen LogP contribution in [0.25, 0.3) is 11.1 Å². The van der Waals surface area contributed by atoms with Crippen molar-refractivity contribution in [1.29, 1.82) is 0 Å². The van der Waals surface area contributed by atoms with E-state index in [4.69, 9.17) is 9.15 Å². The van der Waals surface area contributed by atoms with Crippen molar-refractivity contribution in [3.8, 4) is 5.75 Å². The van der Waals surface area contributed by atoms with Crippen LogP contribution in [0.3, 0.4) is 0 Å². The van der Waals surface area contributed by atoms with E-state index >= 15 is 0 Å². The second kappa shape index (κ2) is 10.2. The van der Waals surface area contributed by atoms with Gasteiger partial charge in [-0.1, -0.05) is 12.1 Å². The Morgan fingerprint density at radius 2 is 2.03 bits per heavy atom. The van der Waals surface area contributed by atoms with Gasteiger partial charge in [-0.3, -0.25) is 9.36 Å². The first-order valence-electron chi connectivity index (χ1n) is 9.76. The first-order chi connectivity index (χ1) is 15.2. The Morgan fingerprint density at radius 1 is 1.25 bits per heavy atom. The number of nitrogens with zero attached hydrogens (tertiary/aromatic N) is 1. The lowest BCUT2D eigenvalue weighted by Crippen LogP contribution is -2.46. The lowest BCUT2D eigenvalue weighted by atomic mass is 10.2. The summed E-state index contributed by atoms with van der Waals surface area (Å²) in [5.74, 6) is 0.237. The van der Waals surface area contributed by atoms with Gasteiger partial charge in [-0.2, -0.15) is 16.5 Å². The minimum Gasteiger partial charge on any atom is -0.497 e. The average Bonchev–Trinajstić information content (AvgIpc) is 3.07. The SMILES string of the molecule is COc1cccc(CNC(=O)[C@@H](CCSC)NS(=O)(=O)c2ccc3c(c2)oc(=O)n3C)c1. The number of nitrogens with one attached hydrogen (secondary N) is 2. The molecule has 3 rings (SSSR count). The lowest BCUT2D eigenvalue weighted by molar-refractivity contribution is -0.122. The van der Waals surface area contributed by atoms with Crippen molar-refractivity contribution >= 4 is 38.8 Å². The Bertz CT molecular complexity index is 1270. The van der Waals surface area contributed by atoms with Crippen LogP contribution in [0.1, 0.15) is 12.0 Å². The fourth-order valence-corrected chi connectivity index (χ4v) is 4.83. The average molecular weight is 480 g/mol. The molecule has 2 N–H and O–H groups in total. The summed E-state index contributed by atoms with van der Waals surface area (Å²) in [5.41, 5.74) is 1.46. The predicted octanol–water partition coefficient (Wildman–Crippen LogP) is 1.86. The second-order valence-corrected chi connectivity index (χ2v) is 9.78. The highest BCUT2D eigenvalue weighted by atomic mass is 32.2. The Labute approximate surface area is 190 Å². The van der Waals surface area contributed by atoms with E-state index in [1.165, 1.54) is 41.6 Å². The van der Waals surface area contributed by atoms with Crippen LogP contribution < -0.4 is 20.5 Å². The quantitative estimate of drug-likeness (QED) is 0.455. The number of amides is 1. The molecule has 32 heavy (non-hydrogen) atoms. The summed E-state index contributed by atoms with van der Waals surface area (Å²) in [6.45, 7) is 0.231. The largest absolute Gasteiger partial charge is 0.497 e. The van der Waals surface area contributed by atoms with Crippen molar-refractivity contribution in [2.75, 3.05) is 19.1 Å². The summed E-state index contributed by atoms with van der Waals surface area (Å²) in [7, 11) is -0.943. The number of methoxy groups -OCH3 is 1. The summed E-state index contributed by atoms with van der Waals surface area (Å²) < 4.78 is 40.0. The third-order valence-electron chi connectivity index (χ3n) is 4.90.